The van der Waals surface area contributed by atoms with Crippen molar-refractivity contribution in [1.29, 1.82) is 0 Å². The molecule has 0 saturated carbocycles. The summed E-state index contributed by atoms with van der Waals surface area (Å²) in [4.78, 5) is 0. The minimum atomic E-state index is -0.919. The van der Waals surface area contributed by atoms with Crippen LogP contribution in [0.4, 0.5) is 0 Å². The summed E-state index contributed by atoms with van der Waals surface area (Å²) in [5, 5.41) is 37.9. The van der Waals surface area contributed by atoms with Crippen molar-refractivity contribution in [2.45, 2.75) is 64.3 Å². The van der Waals surface area contributed by atoms with Gasteiger partial charge < -0.3 is 20.4 Å². The van der Waals surface area contributed by atoms with E-state index >= 15 is 0 Å². The molecule has 3 unspecified atom stereocenters. The van der Waals surface area contributed by atoms with Crippen molar-refractivity contribution in [2.75, 3.05) is 6.61 Å². The lowest BCUT2D eigenvalue weighted by Gasteiger charge is -2.26. The third-order valence-electron chi connectivity index (χ3n) is 2.82. The van der Waals surface area contributed by atoms with Crippen molar-refractivity contribution < 1.29 is 20.4 Å². The average molecular weight is 234 g/mol. The summed E-state index contributed by atoms with van der Waals surface area (Å²) in [6.07, 6.45) is 0.503. The first-order chi connectivity index (χ1) is 7.30. The van der Waals surface area contributed by atoms with E-state index in [1.54, 1.807) is 13.8 Å². The highest BCUT2D eigenvalue weighted by molar-refractivity contribution is 4.76. The van der Waals surface area contributed by atoms with Gasteiger partial charge in [0.05, 0.1) is 17.8 Å². The van der Waals surface area contributed by atoms with Gasteiger partial charge in [-0.15, -0.1) is 0 Å². The molecule has 16 heavy (non-hydrogen) atoms. The predicted molar refractivity (Wildman–Crippen MR) is 63.0 cm³/mol. The van der Waals surface area contributed by atoms with Crippen molar-refractivity contribution in [3.63, 3.8) is 0 Å². The van der Waals surface area contributed by atoms with Gasteiger partial charge in [-0.1, -0.05) is 13.3 Å². The van der Waals surface area contributed by atoms with Crippen LogP contribution < -0.4 is 0 Å². The molecule has 0 rings (SSSR count). The normalized spacial score (nSPS) is 18.2. The van der Waals surface area contributed by atoms with Gasteiger partial charge in [0.2, 0.25) is 0 Å². The largest absolute Gasteiger partial charge is 0.396 e. The molecule has 0 aliphatic heterocycles. The van der Waals surface area contributed by atoms with E-state index in [0.717, 1.165) is 6.42 Å². The molecule has 4 nitrogen and oxygen atoms in total. The summed E-state index contributed by atoms with van der Waals surface area (Å²) in [7, 11) is 0. The fraction of sp³-hybridized carbons (Fsp3) is 1.00. The summed E-state index contributed by atoms with van der Waals surface area (Å²) >= 11 is 0. The molecule has 0 fully saturated rings. The second-order valence-electron chi connectivity index (χ2n) is 5.15. The molecule has 0 heterocycles. The van der Waals surface area contributed by atoms with Crippen molar-refractivity contribution >= 4 is 0 Å². The smallest absolute Gasteiger partial charge is 0.0616 e. The van der Waals surface area contributed by atoms with E-state index in [2.05, 4.69) is 0 Å². The Balaban J connectivity index is 4.05. The molecule has 0 aromatic rings. The first-order valence-electron chi connectivity index (χ1n) is 5.99. The summed E-state index contributed by atoms with van der Waals surface area (Å²) < 4.78 is 0. The van der Waals surface area contributed by atoms with E-state index in [4.69, 9.17) is 5.11 Å². The van der Waals surface area contributed by atoms with Gasteiger partial charge in [-0.2, -0.15) is 0 Å². The van der Waals surface area contributed by atoms with Crippen LogP contribution in [0.5, 0.6) is 0 Å². The molecule has 0 aromatic carbocycles. The van der Waals surface area contributed by atoms with Gasteiger partial charge in [0.25, 0.3) is 0 Å². The van der Waals surface area contributed by atoms with E-state index in [0.29, 0.717) is 6.42 Å². The van der Waals surface area contributed by atoms with E-state index in [9.17, 15) is 15.3 Å². The fourth-order valence-electron chi connectivity index (χ4n) is 1.97. The maximum Gasteiger partial charge on any atom is 0.0616 e. The van der Waals surface area contributed by atoms with E-state index in [1.807, 2.05) is 6.92 Å². The molecule has 0 spiro atoms. The highest BCUT2D eigenvalue weighted by Gasteiger charge is 2.24. The third-order valence-corrected chi connectivity index (χ3v) is 2.82. The highest BCUT2D eigenvalue weighted by atomic mass is 16.3. The van der Waals surface area contributed by atoms with Crippen LogP contribution >= 0.6 is 0 Å². The zero-order valence-electron chi connectivity index (χ0n) is 10.6. The molecular weight excluding hydrogens is 208 g/mol. The maximum absolute atomic E-state index is 9.85. The third kappa shape index (κ3) is 7.17. The Labute approximate surface area is 97.9 Å². The summed E-state index contributed by atoms with van der Waals surface area (Å²) in [6.45, 7) is 5.27. The summed E-state index contributed by atoms with van der Waals surface area (Å²) in [5.41, 5.74) is -0.919. The standard InChI is InChI=1S/C12H26O4/c1-4-9(5-6-13)11(15)7-10(14)8-12(2,3)16/h9-11,13-16H,4-8H2,1-3H3. The van der Waals surface area contributed by atoms with Gasteiger partial charge in [-0.25, -0.2) is 0 Å². The Morgan fingerprint density at radius 1 is 1.19 bits per heavy atom. The number of aliphatic hydroxyl groups excluding tert-OH is 3. The Bertz CT molecular complexity index is 176. The topological polar surface area (TPSA) is 80.9 Å². The van der Waals surface area contributed by atoms with Crippen LogP contribution in [0.3, 0.4) is 0 Å². The Morgan fingerprint density at radius 3 is 2.12 bits per heavy atom. The molecule has 0 radical (unpaired) electrons. The Hall–Kier alpha value is -0.160. The van der Waals surface area contributed by atoms with Gasteiger partial charge in [0.1, 0.15) is 0 Å². The van der Waals surface area contributed by atoms with Crippen LogP contribution in [-0.4, -0.2) is 44.8 Å². The predicted octanol–water partition coefficient (Wildman–Crippen LogP) is 0.668. The zero-order valence-corrected chi connectivity index (χ0v) is 10.6. The molecule has 0 amide bonds. The van der Waals surface area contributed by atoms with Gasteiger partial charge in [-0.05, 0) is 32.6 Å². The van der Waals surface area contributed by atoms with E-state index in [-0.39, 0.29) is 25.4 Å². The lowest BCUT2D eigenvalue weighted by molar-refractivity contribution is -0.0148. The Morgan fingerprint density at radius 2 is 1.75 bits per heavy atom. The van der Waals surface area contributed by atoms with Gasteiger partial charge in [0, 0.05) is 13.0 Å². The van der Waals surface area contributed by atoms with Gasteiger partial charge in [0.15, 0.2) is 0 Å². The molecule has 0 aliphatic rings. The van der Waals surface area contributed by atoms with Crippen molar-refractivity contribution in [2.24, 2.45) is 5.92 Å². The molecule has 0 aromatic heterocycles. The van der Waals surface area contributed by atoms with Crippen molar-refractivity contribution in [3.8, 4) is 0 Å². The quantitative estimate of drug-likeness (QED) is 0.497. The SMILES string of the molecule is CCC(CCO)C(O)CC(O)CC(C)(C)O. The van der Waals surface area contributed by atoms with Crippen LogP contribution in [0.25, 0.3) is 0 Å². The van der Waals surface area contributed by atoms with E-state index in [1.165, 1.54) is 0 Å². The minimum Gasteiger partial charge on any atom is -0.396 e. The summed E-state index contributed by atoms with van der Waals surface area (Å²) in [6, 6.07) is 0. The average Bonchev–Trinajstić information content (AvgIpc) is 2.10. The number of hydrogen-bond acceptors (Lipinski definition) is 4. The molecule has 4 N–H and O–H groups in total. The van der Waals surface area contributed by atoms with Crippen LogP contribution in [0.2, 0.25) is 0 Å². The fourth-order valence-corrected chi connectivity index (χ4v) is 1.97. The molecular formula is C12H26O4. The maximum atomic E-state index is 9.85. The van der Waals surface area contributed by atoms with Crippen LogP contribution in [0.15, 0.2) is 0 Å². The number of aliphatic hydroxyl groups is 4. The first-order valence-corrected chi connectivity index (χ1v) is 5.99. The molecule has 0 saturated heterocycles. The molecule has 4 heteroatoms. The lowest BCUT2D eigenvalue weighted by Crippen LogP contribution is -2.31. The molecule has 0 aliphatic carbocycles. The Kier molecular flexibility index (Phi) is 7.15. The second kappa shape index (κ2) is 7.22. The minimum absolute atomic E-state index is 0.0152. The number of rotatable bonds is 8. The lowest BCUT2D eigenvalue weighted by atomic mass is 9.89. The highest BCUT2D eigenvalue weighted by Crippen LogP contribution is 2.20. The second-order valence-corrected chi connectivity index (χ2v) is 5.15. The van der Waals surface area contributed by atoms with Gasteiger partial charge >= 0.3 is 0 Å². The van der Waals surface area contributed by atoms with Gasteiger partial charge in [-0.3, -0.25) is 0 Å². The first kappa shape index (κ1) is 15.8. The molecule has 0 bridgehead atoms. The van der Waals surface area contributed by atoms with Crippen molar-refractivity contribution in [1.82, 2.24) is 0 Å². The van der Waals surface area contributed by atoms with E-state index < -0.39 is 17.8 Å². The monoisotopic (exact) mass is 234 g/mol. The van der Waals surface area contributed by atoms with Crippen molar-refractivity contribution in [3.05, 3.63) is 0 Å². The van der Waals surface area contributed by atoms with Crippen LogP contribution in [0, 0.1) is 5.92 Å². The molecule has 98 valence electrons. The number of hydrogen-bond donors (Lipinski definition) is 4. The van der Waals surface area contributed by atoms with Crippen LogP contribution in [-0.2, 0) is 0 Å². The summed E-state index contributed by atoms with van der Waals surface area (Å²) in [5.74, 6) is 0.0152. The zero-order chi connectivity index (χ0) is 12.8. The molecule has 3 atom stereocenters. The van der Waals surface area contributed by atoms with Crippen LogP contribution in [0.1, 0.15) is 46.5 Å².